The van der Waals surface area contributed by atoms with E-state index in [0.29, 0.717) is 37.4 Å². The lowest BCUT2D eigenvalue weighted by Crippen LogP contribution is -2.58. The minimum Gasteiger partial charge on any atom is -0.494 e. The van der Waals surface area contributed by atoms with E-state index in [9.17, 15) is 19.5 Å². The van der Waals surface area contributed by atoms with E-state index in [0.717, 1.165) is 32.1 Å². The van der Waals surface area contributed by atoms with Gasteiger partial charge >= 0.3 is 0 Å². The van der Waals surface area contributed by atoms with Crippen molar-refractivity contribution in [1.29, 1.82) is 0 Å². The number of aliphatic hydroxyl groups excluding tert-OH is 1. The summed E-state index contributed by atoms with van der Waals surface area (Å²) < 4.78 is 12.4. The number of likely N-dealkylation sites (tertiary alicyclic amines) is 1. The maximum Gasteiger partial charge on any atom is 0.248 e. The molecule has 1 aromatic rings. The summed E-state index contributed by atoms with van der Waals surface area (Å²) >= 11 is 0. The van der Waals surface area contributed by atoms with Gasteiger partial charge < -0.3 is 29.3 Å². The summed E-state index contributed by atoms with van der Waals surface area (Å²) in [5, 5.41) is 9.99. The zero-order valence-electron chi connectivity index (χ0n) is 25.0. The number of hydrogen-bond acceptors (Lipinski definition) is 6. The van der Waals surface area contributed by atoms with Crippen LogP contribution in [0.5, 0.6) is 5.75 Å². The van der Waals surface area contributed by atoms with Crippen LogP contribution in [0.1, 0.15) is 58.8 Å². The highest BCUT2D eigenvalue weighted by Gasteiger charge is 2.78. The van der Waals surface area contributed by atoms with E-state index in [1.165, 1.54) is 4.90 Å². The first-order valence-electron chi connectivity index (χ1n) is 15.4. The molecule has 3 amide bonds. The van der Waals surface area contributed by atoms with Gasteiger partial charge in [0.1, 0.15) is 17.4 Å². The Morgan fingerprint density at radius 1 is 1.10 bits per heavy atom. The second kappa shape index (κ2) is 12.2. The Morgan fingerprint density at radius 3 is 2.40 bits per heavy atom. The third-order valence-electron chi connectivity index (χ3n) is 9.78. The number of ether oxygens (including phenoxy) is 2. The molecule has 1 spiro atoms. The molecule has 3 saturated heterocycles. The van der Waals surface area contributed by atoms with Gasteiger partial charge in [-0.05, 0) is 63.8 Å². The first-order valence-corrected chi connectivity index (χ1v) is 15.4. The molecule has 0 aromatic heterocycles. The minimum absolute atomic E-state index is 0.0103. The number of carbonyl (C=O) groups is 3. The zero-order chi connectivity index (χ0) is 30.1. The van der Waals surface area contributed by atoms with E-state index < -0.39 is 29.1 Å². The molecule has 9 heteroatoms. The van der Waals surface area contributed by atoms with Gasteiger partial charge in [-0.1, -0.05) is 31.4 Å². The van der Waals surface area contributed by atoms with Crippen LogP contribution in [0.25, 0.3) is 0 Å². The van der Waals surface area contributed by atoms with Crippen molar-refractivity contribution in [2.45, 2.75) is 82.1 Å². The van der Waals surface area contributed by atoms with E-state index in [1.807, 2.05) is 43.0 Å². The Kier molecular flexibility index (Phi) is 8.81. The van der Waals surface area contributed by atoms with E-state index in [2.05, 4.69) is 13.2 Å². The molecule has 2 unspecified atom stereocenters. The Labute approximate surface area is 249 Å². The van der Waals surface area contributed by atoms with Gasteiger partial charge in [0.05, 0.1) is 30.7 Å². The number of benzene rings is 1. The topological polar surface area (TPSA) is 99.6 Å². The summed E-state index contributed by atoms with van der Waals surface area (Å²) in [4.78, 5) is 48.3. The summed E-state index contributed by atoms with van der Waals surface area (Å²) in [6.45, 7) is 12.5. The fourth-order valence-electron chi connectivity index (χ4n) is 8.05. The van der Waals surface area contributed by atoms with Crippen LogP contribution in [0.4, 0.5) is 5.69 Å². The highest BCUT2D eigenvalue weighted by molar-refractivity contribution is 6.03. The molecule has 4 aliphatic rings. The Balaban J connectivity index is 1.52. The fourth-order valence-corrected chi connectivity index (χ4v) is 8.05. The third-order valence-corrected chi connectivity index (χ3v) is 9.78. The highest BCUT2D eigenvalue weighted by Crippen LogP contribution is 2.63. The quantitative estimate of drug-likeness (QED) is 0.379. The maximum atomic E-state index is 14.5. The number of anilines is 1. The first kappa shape index (κ1) is 30.3. The number of aliphatic hydroxyl groups is 1. The van der Waals surface area contributed by atoms with Crippen LogP contribution in [0, 0.1) is 11.8 Å². The van der Waals surface area contributed by atoms with Crippen LogP contribution in [0.15, 0.2) is 49.6 Å². The number of hydrogen-bond donors (Lipinski definition) is 1. The van der Waals surface area contributed by atoms with Crippen molar-refractivity contribution < 1.29 is 29.0 Å². The van der Waals surface area contributed by atoms with Crippen LogP contribution < -0.4 is 9.64 Å². The molecule has 3 aliphatic heterocycles. The van der Waals surface area contributed by atoms with Crippen LogP contribution in [-0.4, -0.2) is 88.8 Å². The molecule has 5 rings (SSSR count). The van der Waals surface area contributed by atoms with E-state index >= 15 is 0 Å². The predicted octanol–water partition coefficient (Wildman–Crippen LogP) is 3.71. The second-order valence-corrected chi connectivity index (χ2v) is 12.2. The molecule has 9 nitrogen and oxygen atoms in total. The van der Waals surface area contributed by atoms with Gasteiger partial charge in [0.25, 0.3) is 0 Å². The number of fused-ring (bicyclic) bond motifs is 1. The second-order valence-electron chi connectivity index (χ2n) is 12.2. The van der Waals surface area contributed by atoms with Crippen LogP contribution in [0.3, 0.4) is 0 Å². The number of nitrogens with zero attached hydrogens (tertiary/aromatic N) is 3. The predicted molar refractivity (Wildman–Crippen MR) is 160 cm³/mol. The van der Waals surface area contributed by atoms with Gasteiger partial charge in [-0.3, -0.25) is 14.4 Å². The van der Waals surface area contributed by atoms with Gasteiger partial charge in [0.15, 0.2) is 0 Å². The van der Waals surface area contributed by atoms with Gasteiger partial charge in [0, 0.05) is 31.4 Å². The molecular formula is C33H45N3O6. The largest absolute Gasteiger partial charge is 0.494 e. The average molecular weight is 580 g/mol. The highest BCUT2D eigenvalue weighted by atomic mass is 16.5. The molecule has 2 bridgehead atoms. The number of carbonyl (C=O) groups excluding carboxylic acids is 3. The van der Waals surface area contributed by atoms with Crippen molar-refractivity contribution in [3.8, 4) is 5.75 Å². The molecule has 1 aliphatic carbocycles. The lowest BCUT2D eigenvalue weighted by Gasteiger charge is -2.40. The zero-order valence-corrected chi connectivity index (χ0v) is 25.0. The van der Waals surface area contributed by atoms with Crippen molar-refractivity contribution in [3.05, 3.63) is 49.6 Å². The van der Waals surface area contributed by atoms with E-state index in [1.54, 1.807) is 17.1 Å². The summed E-state index contributed by atoms with van der Waals surface area (Å²) in [6, 6.07) is 6.47. The standard InChI is InChI=1S/C33H45N3O6/c1-5-19-34(24-13-15-25(16-14-24)41-7-3)29(38)26-27-30(39)36(21-22-37)28(33(27)18-17-32(26,4)42-33)31(40)35(20-6-2)23-11-9-8-10-12-23/h5-6,13-16,23,26-28,37H,1-2,7-12,17-22H2,3-4H3/t26-,27+,28?,32+,33?/m1/s1. The van der Waals surface area contributed by atoms with Gasteiger partial charge in [-0.25, -0.2) is 0 Å². The molecule has 1 aromatic carbocycles. The van der Waals surface area contributed by atoms with Crippen LogP contribution >= 0.6 is 0 Å². The first-order chi connectivity index (χ1) is 20.3. The van der Waals surface area contributed by atoms with Crippen LogP contribution in [0.2, 0.25) is 0 Å². The normalized spacial score (nSPS) is 30.2. The lowest BCUT2D eigenvalue weighted by atomic mass is 9.66. The molecule has 1 saturated carbocycles. The Bertz CT molecular complexity index is 1200. The Hall–Kier alpha value is -3.17. The maximum absolute atomic E-state index is 14.5. The van der Waals surface area contributed by atoms with Gasteiger partial charge in [0.2, 0.25) is 17.7 Å². The molecule has 4 fully saturated rings. The van der Waals surface area contributed by atoms with Gasteiger partial charge in [-0.15, -0.1) is 13.2 Å². The SMILES string of the molecule is C=CCN(C(=O)[C@H]1[C@H]2C(=O)N(CCO)C(C(=O)N(CC=C)C3CCCCC3)C23CC[C@]1(C)O3)c1ccc(OCC)cc1. The third kappa shape index (κ3) is 4.94. The molecule has 0 radical (unpaired) electrons. The van der Waals surface area contributed by atoms with Gasteiger partial charge in [-0.2, -0.15) is 0 Å². The van der Waals surface area contributed by atoms with Crippen molar-refractivity contribution in [1.82, 2.24) is 9.80 Å². The smallest absolute Gasteiger partial charge is 0.248 e. The Morgan fingerprint density at radius 2 is 1.79 bits per heavy atom. The fraction of sp³-hybridized carbons (Fsp3) is 0.606. The van der Waals surface area contributed by atoms with Crippen molar-refractivity contribution in [2.75, 3.05) is 37.7 Å². The van der Waals surface area contributed by atoms with Crippen molar-refractivity contribution in [2.24, 2.45) is 11.8 Å². The molecule has 228 valence electrons. The summed E-state index contributed by atoms with van der Waals surface area (Å²) in [5.41, 5.74) is -1.37. The van der Waals surface area contributed by atoms with Crippen molar-refractivity contribution in [3.63, 3.8) is 0 Å². The van der Waals surface area contributed by atoms with Crippen LogP contribution in [-0.2, 0) is 19.1 Å². The average Bonchev–Trinajstić information content (AvgIpc) is 3.56. The molecule has 3 heterocycles. The minimum atomic E-state index is -1.13. The van der Waals surface area contributed by atoms with E-state index in [-0.39, 0.29) is 43.5 Å². The number of amides is 3. The molecule has 5 atom stereocenters. The number of β-amino-alcohol motifs (C(OH)–C–C–N with tert-alkyl or cyclic N) is 1. The molecule has 42 heavy (non-hydrogen) atoms. The van der Waals surface area contributed by atoms with Crippen molar-refractivity contribution >= 4 is 23.4 Å². The lowest BCUT2D eigenvalue weighted by molar-refractivity contribution is -0.153. The molecule has 1 N–H and O–H groups in total. The number of rotatable bonds is 12. The summed E-state index contributed by atoms with van der Waals surface area (Å²) in [5.74, 6) is -1.60. The molecular weight excluding hydrogens is 534 g/mol. The summed E-state index contributed by atoms with van der Waals surface area (Å²) in [7, 11) is 0. The van der Waals surface area contributed by atoms with E-state index in [4.69, 9.17) is 9.47 Å². The monoisotopic (exact) mass is 579 g/mol. The summed E-state index contributed by atoms with van der Waals surface area (Å²) in [6.07, 6.45) is 9.54.